The maximum absolute atomic E-state index is 12.5. The molecule has 3 N–H and O–H groups in total. The van der Waals surface area contributed by atoms with Gasteiger partial charge in [0.2, 0.25) is 5.91 Å². The first-order valence-electron chi connectivity index (χ1n) is 7.54. The van der Waals surface area contributed by atoms with Crippen molar-refractivity contribution < 1.29 is 14.4 Å². The van der Waals surface area contributed by atoms with Gasteiger partial charge < -0.3 is 11.1 Å². The van der Waals surface area contributed by atoms with E-state index in [0.29, 0.717) is 22.5 Å². The van der Waals surface area contributed by atoms with Crippen molar-refractivity contribution in [2.45, 2.75) is 19.9 Å². The quantitative estimate of drug-likeness (QED) is 0.669. The Labute approximate surface area is 139 Å². The van der Waals surface area contributed by atoms with Gasteiger partial charge in [0.05, 0.1) is 22.5 Å². The molecule has 0 aliphatic carbocycles. The van der Waals surface area contributed by atoms with Gasteiger partial charge in [-0.1, -0.05) is 18.2 Å². The Hall–Kier alpha value is -3.15. The van der Waals surface area contributed by atoms with E-state index in [1.54, 1.807) is 36.4 Å². The van der Waals surface area contributed by atoms with Gasteiger partial charge >= 0.3 is 0 Å². The molecule has 3 rings (SSSR count). The summed E-state index contributed by atoms with van der Waals surface area (Å²) in [6, 6.07) is 10.8. The van der Waals surface area contributed by atoms with E-state index < -0.39 is 23.8 Å². The van der Waals surface area contributed by atoms with E-state index in [0.717, 1.165) is 10.5 Å². The highest BCUT2D eigenvalue weighted by Gasteiger charge is 2.40. The van der Waals surface area contributed by atoms with E-state index in [4.69, 9.17) is 5.73 Å². The minimum atomic E-state index is -0.946. The van der Waals surface area contributed by atoms with E-state index >= 15 is 0 Å². The topological polar surface area (TPSA) is 92.5 Å². The van der Waals surface area contributed by atoms with E-state index in [-0.39, 0.29) is 0 Å². The molecule has 0 aromatic heterocycles. The normalized spacial score (nSPS) is 14.5. The van der Waals surface area contributed by atoms with E-state index in [9.17, 15) is 14.4 Å². The van der Waals surface area contributed by atoms with Gasteiger partial charge in [-0.2, -0.15) is 0 Å². The summed E-state index contributed by atoms with van der Waals surface area (Å²) in [7, 11) is 0. The van der Waals surface area contributed by atoms with Crippen molar-refractivity contribution in [2.24, 2.45) is 0 Å². The lowest BCUT2D eigenvalue weighted by atomic mass is 10.1. The number of aryl methyl sites for hydroxylation is 1. The third kappa shape index (κ3) is 2.52. The molecule has 6 heteroatoms. The number of anilines is 2. The molecule has 1 aliphatic rings. The summed E-state index contributed by atoms with van der Waals surface area (Å²) in [6.45, 7) is 3.41. The van der Waals surface area contributed by atoms with Crippen LogP contribution in [0.3, 0.4) is 0 Å². The number of benzene rings is 2. The fourth-order valence-electron chi connectivity index (χ4n) is 2.71. The van der Waals surface area contributed by atoms with Gasteiger partial charge in [-0.3, -0.25) is 19.3 Å². The van der Waals surface area contributed by atoms with Gasteiger partial charge in [-0.05, 0) is 43.7 Å². The average molecular weight is 323 g/mol. The second kappa shape index (κ2) is 5.81. The first-order valence-corrected chi connectivity index (χ1v) is 7.54. The van der Waals surface area contributed by atoms with Gasteiger partial charge in [0.25, 0.3) is 11.8 Å². The Balaban J connectivity index is 1.82. The number of nitrogen functional groups attached to an aromatic ring is 1. The Morgan fingerprint density at radius 1 is 1.08 bits per heavy atom. The number of nitrogens with two attached hydrogens (primary N) is 1. The van der Waals surface area contributed by atoms with Crippen molar-refractivity contribution in [3.63, 3.8) is 0 Å². The van der Waals surface area contributed by atoms with Gasteiger partial charge in [0.15, 0.2) is 0 Å². The Kier molecular flexibility index (Phi) is 3.81. The van der Waals surface area contributed by atoms with Gasteiger partial charge in [0, 0.05) is 0 Å². The molecule has 1 heterocycles. The number of amides is 3. The molecule has 122 valence electrons. The summed E-state index contributed by atoms with van der Waals surface area (Å²) in [4.78, 5) is 38.3. The van der Waals surface area contributed by atoms with Gasteiger partial charge in [0.1, 0.15) is 6.04 Å². The fourth-order valence-corrected chi connectivity index (χ4v) is 2.71. The number of carbonyl (C=O) groups is 3. The molecule has 1 aliphatic heterocycles. The molecule has 3 amide bonds. The molecular formula is C18H17N3O3. The van der Waals surface area contributed by atoms with Crippen molar-refractivity contribution >= 4 is 29.1 Å². The van der Waals surface area contributed by atoms with Crippen molar-refractivity contribution in [3.05, 3.63) is 59.2 Å². The lowest BCUT2D eigenvalue weighted by Gasteiger charge is -2.22. The van der Waals surface area contributed by atoms with Crippen molar-refractivity contribution in [2.75, 3.05) is 11.1 Å². The van der Waals surface area contributed by atoms with Crippen molar-refractivity contribution in [1.82, 2.24) is 4.90 Å². The zero-order chi connectivity index (χ0) is 17.4. The first-order chi connectivity index (χ1) is 11.4. The number of nitrogens with zero attached hydrogens (tertiary/aromatic N) is 1. The number of imide groups is 1. The predicted molar refractivity (Wildman–Crippen MR) is 90.6 cm³/mol. The Bertz CT molecular complexity index is 825. The molecule has 0 saturated carbocycles. The van der Waals surface area contributed by atoms with Gasteiger partial charge in [-0.15, -0.1) is 0 Å². The third-order valence-electron chi connectivity index (χ3n) is 4.06. The van der Waals surface area contributed by atoms with Crippen molar-refractivity contribution in [3.8, 4) is 0 Å². The standard InChI is InChI=1S/C18H17N3O3/c1-10-7-8-15(14(19)9-10)20-16(22)11(2)21-17(23)12-5-3-4-6-13(12)18(21)24/h3-9,11H,19H2,1-2H3,(H,20,22). The second-order valence-corrected chi connectivity index (χ2v) is 5.78. The van der Waals surface area contributed by atoms with Crippen LogP contribution in [0.1, 0.15) is 33.2 Å². The first kappa shape index (κ1) is 15.7. The van der Waals surface area contributed by atoms with E-state index in [1.165, 1.54) is 6.92 Å². The molecule has 0 fully saturated rings. The van der Waals surface area contributed by atoms with E-state index in [2.05, 4.69) is 5.32 Å². The number of fused-ring (bicyclic) bond motifs is 1. The highest BCUT2D eigenvalue weighted by Crippen LogP contribution is 2.25. The molecule has 0 spiro atoms. The summed E-state index contributed by atoms with van der Waals surface area (Å²) in [5.74, 6) is -1.40. The monoisotopic (exact) mass is 323 g/mol. The van der Waals surface area contributed by atoms with Crippen LogP contribution < -0.4 is 11.1 Å². The summed E-state index contributed by atoms with van der Waals surface area (Å²) in [6.07, 6.45) is 0. The number of carbonyl (C=O) groups excluding carboxylic acids is 3. The average Bonchev–Trinajstić information content (AvgIpc) is 2.81. The smallest absolute Gasteiger partial charge is 0.262 e. The van der Waals surface area contributed by atoms with Crippen LogP contribution in [0.4, 0.5) is 11.4 Å². The van der Waals surface area contributed by atoms with Crippen molar-refractivity contribution in [1.29, 1.82) is 0 Å². The highest BCUT2D eigenvalue weighted by atomic mass is 16.2. The summed E-state index contributed by atoms with van der Waals surface area (Å²) >= 11 is 0. The van der Waals surface area contributed by atoms with Gasteiger partial charge in [-0.25, -0.2) is 0 Å². The molecule has 0 saturated heterocycles. The maximum Gasteiger partial charge on any atom is 0.262 e. The molecule has 24 heavy (non-hydrogen) atoms. The zero-order valence-corrected chi connectivity index (χ0v) is 13.4. The molecule has 6 nitrogen and oxygen atoms in total. The SMILES string of the molecule is Cc1ccc(NC(=O)C(C)N2C(=O)c3ccccc3C2=O)c(N)c1. The lowest BCUT2D eigenvalue weighted by molar-refractivity contribution is -0.119. The molecule has 0 bridgehead atoms. The van der Waals surface area contributed by atoms with Crippen LogP contribution in [0.2, 0.25) is 0 Å². The van der Waals surface area contributed by atoms with Crippen LogP contribution in [0.25, 0.3) is 0 Å². The molecular weight excluding hydrogens is 306 g/mol. The number of rotatable bonds is 3. The molecule has 2 aromatic rings. The zero-order valence-electron chi connectivity index (χ0n) is 13.4. The number of nitrogens with one attached hydrogen (secondary N) is 1. The largest absolute Gasteiger partial charge is 0.397 e. The summed E-state index contributed by atoms with van der Waals surface area (Å²) < 4.78 is 0. The number of hydrogen-bond acceptors (Lipinski definition) is 4. The van der Waals surface area contributed by atoms with Crippen LogP contribution in [0.15, 0.2) is 42.5 Å². The minimum absolute atomic E-state index is 0.317. The molecule has 2 aromatic carbocycles. The molecule has 0 radical (unpaired) electrons. The van der Waals surface area contributed by atoms with Crippen LogP contribution >= 0.6 is 0 Å². The molecule has 1 atom stereocenters. The van der Waals surface area contributed by atoms with Crippen LogP contribution in [0.5, 0.6) is 0 Å². The third-order valence-corrected chi connectivity index (χ3v) is 4.06. The lowest BCUT2D eigenvalue weighted by Crippen LogP contribution is -2.45. The maximum atomic E-state index is 12.5. The van der Waals surface area contributed by atoms with Crippen LogP contribution in [0, 0.1) is 6.92 Å². The highest BCUT2D eigenvalue weighted by molar-refractivity contribution is 6.23. The second-order valence-electron chi connectivity index (χ2n) is 5.78. The Morgan fingerprint density at radius 2 is 1.67 bits per heavy atom. The Morgan fingerprint density at radius 3 is 2.21 bits per heavy atom. The van der Waals surface area contributed by atoms with Crippen LogP contribution in [-0.2, 0) is 4.79 Å². The molecule has 1 unspecified atom stereocenters. The fraction of sp³-hybridized carbons (Fsp3) is 0.167. The summed E-state index contributed by atoms with van der Waals surface area (Å²) in [5, 5.41) is 2.67. The predicted octanol–water partition coefficient (Wildman–Crippen LogP) is 2.20. The van der Waals surface area contributed by atoms with Crippen LogP contribution in [-0.4, -0.2) is 28.7 Å². The van der Waals surface area contributed by atoms with E-state index in [1.807, 2.05) is 13.0 Å². The summed E-state index contributed by atoms with van der Waals surface area (Å²) in [5.41, 5.74) is 8.37. The minimum Gasteiger partial charge on any atom is -0.397 e. The number of hydrogen-bond donors (Lipinski definition) is 2.